The van der Waals surface area contributed by atoms with E-state index in [0.717, 1.165) is 35.7 Å². The van der Waals surface area contributed by atoms with E-state index in [-0.39, 0.29) is 12.9 Å². The van der Waals surface area contributed by atoms with E-state index in [9.17, 15) is 0 Å². The number of fused-ring (bicyclic) bond motifs is 1. The molecule has 0 fully saturated rings. The molecule has 0 saturated carbocycles. The molecule has 19 heavy (non-hydrogen) atoms. The van der Waals surface area contributed by atoms with Crippen molar-refractivity contribution < 1.29 is 23.7 Å². The van der Waals surface area contributed by atoms with Crippen LogP contribution in [0, 0.1) is 0 Å². The largest absolute Gasteiger partial charge is 0.496 e. The van der Waals surface area contributed by atoms with E-state index in [0.29, 0.717) is 5.75 Å². The van der Waals surface area contributed by atoms with Gasteiger partial charge < -0.3 is 23.7 Å². The Bertz CT molecular complexity index is 509. The van der Waals surface area contributed by atoms with Crippen molar-refractivity contribution >= 4 is 0 Å². The maximum absolute atomic E-state index is 5.97. The van der Waals surface area contributed by atoms with Crippen molar-refractivity contribution in [2.45, 2.75) is 18.9 Å². The molecule has 0 radical (unpaired) electrons. The van der Waals surface area contributed by atoms with Gasteiger partial charge in [0.1, 0.15) is 23.5 Å². The molecule has 0 spiro atoms. The molecule has 1 aromatic rings. The molecule has 0 aliphatic carbocycles. The number of rotatable bonds is 3. The first-order valence-electron chi connectivity index (χ1n) is 6.18. The Morgan fingerprint density at radius 2 is 2.11 bits per heavy atom. The lowest BCUT2D eigenvalue weighted by Crippen LogP contribution is -2.25. The van der Waals surface area contributed by atoms with Crippen molar-refractivity contribution in [1.29, 1.82) is 0 Å². The first-order chi connectivity index (χ1) is 9.31. The minimum Gasteiger partial charge on any atom is -0.496 e. The van der Waals surface area contributed by atoms with Crippen molar-refractivity contribution in [2.24, 2.45) is 0 Å². The maximum Gasteiger partial charge on any atom is 0.230 e. The molecule has 1 atom stereocenters. The zero-order valence-electron chi connectivity index (χ0n) is 11.0. The molecule has 2 aliphatic heterocycles. The zero-order valence-corrected chi connectivity index (χ0v) is 11.0. The summed E-state index contributed by atoms with van der Waals surface area (Å²) in [5.41, 5.74) is 1.07. The third kappa shape index (κ3) is 2.16. The van der Waals surface area contributed by atoms with E-state index in [1.54, 1.807) is 20.5 Å². The number of benzene rings is 1. The second kappa shape index (κ2) is 4.91. The number of hydrogen-bond donors (Lipinski definition) is 0. The molecule has 1 unspecified atom stereocenters. The van der Waals surface area contributed by atoms with Crippen LogP contribution in [0.1, 0.15) is 12.0 Å². The van der Waals surface area contributed by atoms with E-state index in [2.05, 4.69) is 0 Å². The third-order valence-electron chi connectivity index (χ3n) is 3.33. The number of ether oxygens (including phenoxy) is 5. The summed E-state index contributed by atoms with van der Waals surface area (Å²) in [5, 5.41) is 0. The minimum atomic E-state index is -0.105. The van der Waals surface area contributed by atoms with Crippen LogP contribution in [-0.2, 0) is 15.9 Å². The average Bonchev–Trinajstić information content (AvgIpc) is 2.99. The molecule has 3 rings (SSSR count). The highest BCUT2D eigenvalue weighted by molar-refractivity contribution is 5.52. The molecule has 5 nitrogen and oxygen atoms in total. The molecule has 0 N–H and O–H groups in total. The molecule has 5 heteroatoms. The van der Waals surface area contributed by atoms with Gasteiger partial charge in [-0.05, 0) is 12.8 Å². The van der Waals surface area contributed by atoms with Gasteiger partial charge in [0.2, 0.25) is 6.79 Å². The van der Waals surface area contributed by atoms with Crippen LogP contribution in [0.25, 0.3) is 0 Å². The van der Waals surface area contributed by atoms with Crippen LogP contribution in [-0.4, -0.2) is 27.1 Å². The fraction of sp³-hybridized carbons (Fsp3) is 0.429. The predicted molar refractivity (Wildman–Crippen MR) is 67.4 cm³/mol. The Labute approximate surface area is 111 Å². The van der Waals surface area contributed by atoms with Gasteiger partial charge in [0.25, 0.3) is 0 Å². The zero-order chi connectivity index (χ0) is 13.2. The van der Waals surface area contributed by atoms with Crippen molar-refractivity contribution in [3.63, 3.8) is 0 Å². The van der Waals surface area contributed by atoms with Crippen molar-refractivity contribution in [2.75, 3.05) is 21.0 Å². The van der Waals surface area contributed by atoms with E-state index < -0.39 is 0 Å². The Kier molecular flexibility index (Phi) is 3.11. The summed E-state index contributed by atoms with van der Waals surface area (Å²) in [5.74, 6) is 3.04. The summed E-state index contributed by atoms with van der Waals surface area (Å²) in [6, 6.07) is 3.75. The summed E-state index contributed by atoms with van der Waals surface area (Å²) >= 11 is 0. The Hall–Kier alpha value is -2.04. The van der Waals surface area contributed by atoms with Gasteiger partial charge in [0.05, 0.1) is 14.2 Å². The molecule has 2 aliphatic rings. The molecular weight excluding hydrogens is 248 g/mol. The van der Waals surface area contributed by atoms with Crippen molar-refractivity contribution in [1.82, 2.24) is 0 Å². The van der Waals surface area contributed by atoms with Crippen molar-refractivity contribution in [3.8, 4) is 17.2 Å². The van der Waals surface area contributed by atoms with Crippen LogP contribution in [0.5, 0.6) is 17.2 Å². The molecular formula is C14H16O5. The van der Waals surface area contributed by atoms with Crippen LogP contribution >= 0.6 is 0 Å². The SMILES string of the molecule is COc1cc(OC)c2c(c1)OC(C1=COCO1)CC2. The lowest BCUT2D eigenvalue weighted by atomic mass is 10.00. The van der Waals surface area contributed by atoms with E-state index in [1.807, 2.05) is 12.1 Å². The first-order valence-corrected chi connectivity index (χ1v) is 6.18. The van der Waals surface area contributed by atoms with Gasteiger partial charge >= 0.3 is 0 Å². The standard InChI is InChI=1S/C14H16O5/c1-15-9-5-12(16-2)10-3-4-11(19-13(10)6-9)14-7-17-8-18-14/h5-7,11H,3-4,8H2,1-2H3. The quantitative estimate of drug-likeness (QED) is 0.837. The van der Waals surface area contributed by atoms with Gasteiger partial charge in [0, 0.05) is 17.7 Å². The second-order valence-electron chi connectivity index (χ2n) is 4.40. The average molecular weight is 264 g/mol. The van der Waals surface area contributed by atoms with Gasteiger partial charge in [-0.1, -0.05) is 0 Å². The number of methoxy groups -OCH3 is 2. The molecule has 0 aromatic heterocycles. The van der Waals surface area contributed by atoms with Crippen LogP contribution in [0.3, 0.4) is 0 Å². The van der Waals surface area contributed by atoms with E-state index in [1.165, 1.54) is 0 Å². The lowest BCUT2D eigenvalue weighted by Gasteiger charge is -2.27. The summed E-state index contributed by atoms with van der Waals surface area (Å²) in [7, 11) is 3.27. The number of hydrogen-bond acceptors (Lipinski definition) is 5. The lowest BCUT2D eigenvalue weighted by molar-refractivity contribution is 0.0512. The Morgan fingerprint density at radius 1 is 1.21 bits per heavy atom. The second-order valence-corrected chi connectivity index (χ2v) is 4.40. The maximum atomic E-state index is 5.97. The Balaban J connectivity index is 1.90. The first kappa shape index (κ1) is 12.0. The summed E-state index contributed by atoms with van der Waals surface area (Å²) in [6.07, 6.45) is 3.22. The minimum absolute atomic E-state index is 0.105. The highest BCUT2D eigenvalue weighted by Gasteiger charge is 2.29. The van der Waals surface area contributed by atoms with Gasteiger partial charge in [-0.2, -0.15) is 0 Å². The normalized spacial score (nSPS) is 20.5. The van der Waals surface area contributed by atoms with E-state index >= 15 is 0 Å². The third-order valence-corrected chi connectivity index (χ3v) is 3.33. The van der Waals surface area contributed by atoms with Crippen molar-refractivity contribution in [3.05, 3.63) is 29.7 Å². The Morgan fingerprint density at radius 3 is 2.79 bits per heavy atom. The molecule has 102 valence electrons. The summed E-state index contributed by atoms with van der Waals surface area (Å²) in [4.78, 5) is 0. The van der Waals surface area contributed by atoms with Gasteiger partial charge in [-0.3, -0.25) is 0 Å². The fourth-order valence-corrected chi connectivity index (χ4v) is 2.36. The van der Waals surface area contributed by atoms with Gasteiger partial charge in [-0.25, -0.2) is 0 Å². The monoisotopic (exact) mass is 264 g/mol. The molecule has 2 heterocycles. The van der Waals surface area contributed by atoms with Gasteiger partial charge in [-0.15, -0.1) is 0 Å². The van der Waals surface area contributed by atoms with Gasteiger partial charge in [0.15, 0.2) is 11.9 Å². The molecule has 0 saturated heterocycles. The smallest absolute Gasteiger partial charge is 0.230 e. The highest BCUT2D eigenvalue weighted by Crippen LogP contribution is 2.40. The molecule has 0 bridgehead atoms. The summed E-state index contributed by atoms with van der Waals surface area (Å²) < 4.78 is 27.1. The fourth-order valence-electron chi connectivity index (χ4n) is 2.36. The van der Waals surface area contributed by atoms with Crippen LogP contribution in [0.2, 0.25) is 0 Å². The summed E-state index contributed by atoms with van der Waals surface area (Å²) in [6.45, 7) is 0.267. The molecule has 0 amide bonds. The highest BCUT2D eigenvalue weighted by atomic mass is 16.7. The van der Waals surface area contributed by atoms with Crippen LogP contribution < -0.4 is 14.2 Å². The predicted octanol–water partition coefficient (Wildman–Crippen LogP) is 2.24. The van der Waals surface area contributed by atoms with E-state index in [4.69, 9.17) is 23.7 Å². The van der Waals surface area contributed by atoms with Crippen LogP contribution in [0.15, 0.2) is 24.2 Å². The molecule has 1 aromatic carbocycles. The van der Waals surface area contributed by atoms with Crippen LogP contribution in [0.4, 0.5) is 0 Å². The topological polar surface area (TPSA) is 46.2 Å².